The molecule has 0 saturated carbocycles. The first-order valence-corrected chi connectivity index (χ1v) is 11.7. The van der Waals surface area contributed by atoms with E-state index in [0.29, 0.717) is 17.9 Å². The maximum atomic E-state index is 12.1. The number of amides is 1. The lowest BCUT2D eigenvalue weighted by atomic mass is 10.0. The van der Waals surface area contributed by atoms with Crippen molar-refractivity contribution in [2.24, 2.45) is 10.9 Å². The number of ether oxygens (including phenoxy) is 1. The van der Waals surface area contributed by atoms with E-state index in [1.165, 1.54) is 5.69 Å². The Bertz CT molecular complexity index is 689. The summed E-state index contributed by atoms with van der Waals surface area (Å²) in [5, 5.41) is 6.90. The van der Waals surface area contributed by atoms with E-state index in [1.54, 1.807) is 19.0 Å². The van der Waals surface area contributed by atoms with Crippen molar-refractivity contribution < 1.29 is 9.53 Å². The number of hydrogen-bond acceptors (Lipinski definition) is 5. The summed E-state index contributed by atoms with van der Waals surface area (Å²) in [6.07, 6.45) is 0.963. The Balaban J connectivity index is 1.89. The van der Waals surface area contributed by atoms with E-state index < -0.39 is 0 Å². The molecule has 8 nitrogen and oxygen atoms in total. The molecule has 0 radical (unpaired) electrons. The molecule has 1 aliphatic rings. The quantitative estimate of drug-likeness (QED) is 0.305. The lowest BCUT2D eigenvalue weighted by Crippen LogP contribution is -2.52. The molecular weight excluding hydrogens is 404 g/mol. The molecule has 1 atom stereocenters. The van der Waals surface area contributed by atoms with Crippen LogP contribution in [-0.2, 0) is 9.53 Å². The van der Waals surface area contributed by atoms with Crippen molar-refractivity contribution in [3.63, 3.8) is 0 Å². The third kappa shape index (κ3) is 9.04. The van der Waals surface area contributed by atoms with Crippen LogP contribution in [0, 0.1) is 5.92 Å². The van der Waals surface area contributed by atoms with Crippen molar-refractivity contribution in [2.75, 3.05) is 78.5 Å². The molecule has 0 spiro atoms. The van der Waals surface area contributed by atoms with Gasteiger partial charge >= 0.3 is 0 Å². The zero-order chi connectivity index (χ0) is 23.3. The Kier molecular flexibility index (Phi) is 11.3. The highest BCUT2D eigenvalue weighted by Crippen LogP contribution is 2.12. The maximum absolute atomic E-state index is 12.1. The molecule has 1 aliphatic heterocycles. The molecule has 1 amide bonds. The second-order valence-electron chi connectivity index (χ2n) is 8.83. The van der Waals surface area contributed by atoms with Crippen LogP contribution in [0.4, 0.5) is 5.69 Å². The third-order valence-electron chi connectivity index (χ3n) is 5.79. The largest absolute Gasteiger partial charge is 0.379 e. The molecule has 1 heterocycles. The van der Waals surface area contributed by atoms with E-state index >= 15 is 0 Å². The highest BCUT2D eigenvalue weighted by atomic mass is 16.5. The van der Waals surface area contributed by atoms with Crippen LogP contribution in [0.15, 0.2) is 35.3 Å². The predicted molar refractivity (Wildman–Crippen MR) is 132 cm³/mol. The van der Waals surface area contributed by atoms with Gasteiger partial charge in [0.25, 0.3) is 0 Å². The fourth-order valence-electron chi connectivity index (χ4n) is 3.69. The molecular formula is C24H42N6O2. The van der Waals surface area contributed by atoms with Gasteiger partial charge in [-0.3, -0.25) is 9.69 Å². The topological polar surface area (TPSA) is 72.4 Å². The minimum atomic E-state index is -0.0106. The van der Waals surface area contributed by atoms with Crippen molar-refractivity contribution in [3.8, 4) is 0 Å². The third-order valence-corrected chi connectivity index (χ3v) is 5.79. The van der Waals surface area contributed by atoms with Crippen LogP contribution in [0.2, 0.25) is 0 Å². The first kappa shape index (κ1) is 25.9. The fraction of sp³-hybridized carbons (Fsp3) is 0.667. The van der Waals surface area contributed by atoms with E-state index in [4.69, 9.17) is 4.74 Å². The summed E-state index contributed by atoms with van der Waals surface area (Å²) in [5.41, 5.74) is 1.21. The molecule has 1 saturated heterocycles. The summed E-state index contributed by atoms with van der Waals surface area (Å²) >= 11 is 0. The van der Waals surface area contributed by atoms with E-state index in [2.05, 4.69) is 70.6 Å². The van der Waals surface area contributed by atoms with Crippen molar-refractivity contribution in [1.82, 2.24) is 20.4 Å². The average Bonchev–Trinajstić information content (AvgIpc) is 2.80. The number of nitrogens with one attached hydrogen (secondary N) is 2. The number of morpholine rings is 1. The van der Waals surface area contributed by atoms with Crippen LogP contribution in [0.3, 0.4) is 0 Å². The Morgan fingerprint density at radius 2 is 1.81 bits per heavy atom. The fourth-order valence-corrected chi connectivity index (χ4v) is 3.69. The first-order valence-electron chi connectivity index (χ1n) is 11.7. The number of nitrogens with zero attached hydrogens (tertiary/aromatic N) is 4. The molecule has 32 heavy (non-hydrogen) atoms. The standard InChI is InChI=1S/C24H42N6O2/c1-20(2)22(30-14-16-32-17-15-30)18-26-24(27-19-23(31)28(3)4)25-12-9-13-29(5)21-10-7-6-8-11-21/h6-8,10-11,20,22H,9,12-19H2,1-5H3,(H2,25,26,27). The van der Waals surface area contributed by atoms with Gasteiger partial charge in [-0.15, -0.1) is 0 Å². The van der Waals surface area contributed by atoms with Crippen LogP contribution in [0.1, 0.15) is 20.3 Å². The number of aliphatic imine (C=N–C) groups is 1. The molecule has 0 bridgehead atoms. The molecule has 0 aliphatic carbocycles. The minimum Gasteiger partial charge on any atom is -0.379 e. The molecule has 1 fully saturated rings. The van der Waals surface area contributed by atoms with Gasteiger partial charge in [-0.1, -0.05) is 32.0 Å². The molecule has 0 aromatic heterocycles. The number of guanidine groups is 1. The number of hydrogen-bond donors (Lipinski definition) is 2. The zero-order valence-electron chi connectivity index (χ0n) is 20.5. The minimum absolute atomic E-state index is 0.0106. The molecule has 1 aromatic carbocycles. The van der Waals surface area contributed by atoms with Gasteiger partial charge in [0, 0.05) is 65.6 Å². The molecule has 1 unspecified atom stereocenters. The van der Waals surface area contributed by atoms with E-state index in [1.807, 2.05) is 6.07 Å². The molecule has 2 rings (SSSR count). The number of benzene rings is 1. The van der Waals surface area contributed by atoms with E-state index in [0.717, 1.165) is 52.4 Å². The Morgan fingerprint density at radius 1 is 1.12 bits per heavy atom. The predicted octanol–water partition coefficient (Wildman–Crippen LogP) is 1.49. The number of likely N-dealkylation sites (N-methyl/N-ethyl adjacent to an activating group) is 1. The molecule has 8 heteroatoms. The smallest absolute Gasteiger partial charge is 0.243 e. The van der Waals surface area contributed by atoms with Gasteiger partial charge in [0.15, 0.2) is 5.96 Å². The molecule has 2 N–H and O–H groups in total. The molecule has 180 valence electrons. The lowest BCUT2D eigenvalue weighted by molar-refractivity contribution is -0.127. The van der Waals surface area contributed by atoms with Gasteiger partial charge in [0.2, 0.25) is 5.91 Å². The number of anilines is 1. The maximum Gasteiger partial charge on any atom is 0.243 e. The van der Waals surface area contributed by atoms with Crippen molar-refractivity contribution >= 4 is 17.6 Å². The summed E-state index contributed by atoms with van der Waals surface area (Å²) in [6, 6.07) is 10.8. The Hall–Kier alpha value is -2.32. The summed E-state index contributed by atoms with van der Waals surface area (Å²) in [6.45, 7) is 10.6. The van der Waals surface area contributed by atoms with Crippen LogP contribution in [0.5, 0.6) is 0 Å². The number of para-hydroxylation sites is 1. The van der Waals surface area contributed by atoms with Gasteiger partial charge in [0.1, 0.15) is 6.54 Å². The van der Waals surface area contributed by atoms with Crippen LogP contribution >= 0.6 is 0 Å². The molecule has 1 aromatic rings. The van der Waals surface area contributed by atoms with Crippen molar-refractivity contribution in [3.05, 3.63) is 30.3 Å². The second kappa shape index (κ2) is 14.0. The Morgan fingerprint density at radius 3 is 2.44 bits per heavy atom. The summed E-state index contributed by atoms with van der Waals surface area (Å²) < 4.78 is 5.51. The van der Waals surface area contributed by atoms with Gasteiger partial charge in [-0.05, 0) is 24.5 Å². The SMILES string of the molecule is CC(C)C(CNC(=NCC(=O)N(C)C)NCCCN(C)c1ccccc1)N1CCOCC1. The highest BCUT2D eigenvalue weighted by Gasteiger charge is 2.24. The summed E-state index contributed by atoms with van der Waals surface area (Å²) in [4.78, 5) is 22.9. The first-order chi connectivity index (χ1) is 15.4. The second-order valence-corrected chi connectivity index (χ2v) is 8.83. The van der Waals surface area contributed by atoms with Gasteiger partial charge < -0.3 is 25.2 Å². The highest BCUT2D eigenvalue weighted by molar-refractivity contribution is 5.84. The van der Waals surface area contributed by atoms with Crippen LogP contribution in [0.25, 0.3) is 0 Å². The normalized spacial score (nSPS) is 16.0. The number of rotatable bonds is 11. The van der Waals surface area contributed by atoms with Gasteiger partial charge in [-0.25, -0.2) is 4.99 Å². The van der Waals surface area contributed by atoms with Crippen molar-refractivity contribution in [2.45, 2.75) is 26.3 Å². The number of carbonyl (C=O) groups is 1. The van der Waals surface area contributed by atoms with Crippen molar-refractivity contribution in [1.29, 1.82) is 0 Å². The average molecular weight is 447 g/mol. The van der Waals surface area contributed by atoms with Crippen LogP contribution in [-0.4, -0.2) is 101 Å². The number of carbonyl (C=O) groups excluding carboxylic acids is 1. The Labute approximate surface area is 194 Å². The van der Waals surface area contributed by atoms with E-state index in [-0.39, 0.29) is 12.5 Å². The van der Waals surface area contributed by atoms with E-state index in [9.17, 15) is 4.79 Å². The van der Waals surface area contributed by atoms with Gasteiger partial charge in [0.05, 0.1) is 13.2 Å². The van der Waals surface area contributed by atoms with Gasteiger partial charge in [-0.2, -0.15) is 0 Å². The monoisotopic (exact) mass is 446 g/mol. The van der Waals surface area contributed by atoms with Crippen LogP contribution < -0.4 is 15.5 Å². The summed E-state index contributed by atoms with van der Waals surface area (Å²) in [5.74, 6) is 1.19. The zero-order valence-corrected chi connectivity index (χ0v) is 20.5. The lowest BCUT2D eigenvalue weighted by Gasteiger charge is -2.37. The summed E-state index contributed by atoms with van der Waals surface area (Å²) in [7, 11) is 5.62.